The molecule has 3 aromatic rings. The first-order chi connectivity index (χ1) is 16.0. The Morgan fingerprint density at radius 2 is 1.56 bits per heavy atom. The maximum atomic E-state index is 13.3. The van der Waals surface area contributed by atoms with Crippen molar-refractivity contribution in [3.63, 3.8) is 0 Å². The molecule has 1 saturated heterocycles. The third-order valence-electron chi connectivity index (χ3n) is 5.39. The van der Waals surface area contributed by atoms with Crippen molar-refractivity contribution in [2.75, 3.05) is 6.61 Å². The highest BCUT2D eigenvalue weighted by molar-refractivity contribution is 5.91. The second kappa shape index (κ2) is 8.55. The average Bonchev–Trinajstić information content (AvgIpc) is 2.80. The minimum Gasteiger partial charge on any atom is -0.504 e. The van der Waals surface area contributed by atoms with E-state index in [2.05, 4.69) is 0 Å². The number of aliphatic hydroxyl groups excluding tert-OH is 4. The molecule has 1 aliphatic rings. The van der Waals surface area contributed by atoms with E-state index < -0.39 is 94.0 Å². The maximum absolute atomic E-state index is 13.3. The lowest BCUT2D eigenvalue weighted by Gasteiger charge is -2.39. The first-order valence-corrected chi connectivity index (χ1v) is 9.79. The van der Waals surface area contributed by atoms with E-state index in [4.69, 9.17) is 13.9 Å². The van der Waals surface area contributed by atoms with Crippen LogP contribution in [0.1, 0.15) is 0 Å². The first kappa shape index (κ1) is 23.4. The van der Waals surface area contributed by atoms with E-state index in [-0.39, 0.29) is 5.56 Å². The Morgan fingerprint density at radius 1 is 0.853 bits per heavy atom. The van der Waals surface area contributed by atoms with Crippen LogP contribution in [0.5, 0.6) is 34.5 Å². The first-order valence-electron chi connectivity index (χ1n) is 9.79. The Morgan fingerprint density at radius 3 is 2.21 bits per heavy atom. The highest BCUT2D eigenvalue weighted by Gasteiger charge is 2.45. The molecular weight excluding hydrogens is 460 g/mol. The van der Waals surface area contributed by atoms with Crippen LogP contribution in [0.15, 0.2) is 33.5 Å². The van der Waals surface area contributed by atoms with Gasteiger partial charge in [0.15, 0.2) is 28.8 Å². The molecule has 0 amide bonds. The molecule has 0 bridgehead atoms. The summed E-state index contributed by atoms with van der Waals surface area (Å²) in [6, 6.07) is 4.13. The van der Waals surface area contributed by atoms with E-state index in [1.54, 1.807) is 0 Å². The molecule has 13 nitrogen and oxygen atoms in total. The number of fused-ring (bicyclic) bond motifs is 1. The number of aliphatic hydroxyl groups is 4. The topological polar surface area (TPSA) is 231 Å². The minimum atomic E-state index is -1.91. The molecule has 9 N–H and O–H groups in total. The number of phenolic OH excluding ortho intramolecular Hbond substituents is 5. The van der Waals surface area contributed by atoms with Gasteiger partial charge in [0.1, 0.15) is 35.4 Å². The van der Waals surface area contributed by atoms with Crippen LogP contribution < -0.4 is 10.2 Å². The van der Waals surface area contributed by atoms with Gasteiger partial charge in [-0.05, 0) is 18.2 Å². The Hall–Kier alpha value is -3.75. The lowest BCUT2D eigenvalue weighted by Crippen LogP contribution is -2.60. The normalized spacial score (nSPS) is 24.9. The summed E-state index contributed by atoms with van der Waals surface area (Å²) >= 11 is 0. The van der Waals surface area contributed by atoms with E-state index in [1.807, 2.05) is 0 Å². The molecule has 1 aliphatic heterocycles. The van der Waals surface area contributed by atoms with Gasteiger partial charge in [0.05, 0.1) is 6.61 Å². The largest absolute Gasteiger partial charge is 0.504 e. The van der Waals surface area contributed by atoms with Gasteiger partial charge in [0, 0.05) is 11.6 Å². The second-order valence-electron chi connectivity index (χ2n) is 7.57. The molecular formula is C21H20O13. The summed E-state index contributed by atoms with van der Waals surface area (Å²) in [7, 11) is 0. The van der Waals surface area contributed by atoms with Gasteiger partial charge in [-0.3, -0.25) is 4.79 Å². The zero-order valence-corrected chi connectivity index (χ0v) is 17.1. The third-order valence-corrected chi connectivity index (χ3v) is 5.39. The monoisotopic (exact) mass is 480 g/mol. The fourth-order valence-corrected chi connectivity index (χ4v) is 3.54. The highest BCUT2D eigenvalue weighted by Crippen LogP contribution is 2.43. The highest BCUT2D eigenvalue weighted by atomic mass is 16.7. The smallest absolute Gasteiger partial charge is 0.239 e. The summed E-state index contributed by atoms with van der Waals surface area (Å²) in [5, 5.41) is 88.3. The van der Waals surface area contributed by atoms with Gasteiger partial charge in [0.25, 0.3) is 0 Å². The quantitative estimate of drug-likeness (QED) is 0.208. The van der Waals surface area contributed by atoms with Gasteiger partial charge in [0.2, 0.25) is 23.2 Å². The van der Waals surface area contributed by atoms with E-state index in [0.29, 0.717) is 0 Å². The van der Waals surface area contributed by atoms with Gasteiger partial charge in [-0.2, -0.15) is 0 Å². The van der Waals surface area contributed by atoms with Crippen LogP contribution in [0.3, 0.4) is 0 Å². The van der Waals surface area contributed by atoms with Gasteiger partial charge >= 0.3 is 0 Å². The zero-order chi connectivity index (χ0) is 24.9. The maximum Gasteiger partial charge on any atom is 0.239 e. The van der Waals surface area contributed by atoms with Crippen molar-refractivity contribution >= 4 is 11.0 Å². The molecule has 182 valence electrons. The van der Waals surface area contributed by atoms with Gasteiger partial charge in [-0.15, -0.1) is 0 Å². The van der Waals surface area contributed by atoms with E-state index in [9.17, 15) is 50.8 Å². The van der Waals surface area contributed by atoms with Crippen molar-refractivity contribution in [1.29, 1.82) is 0 Å². The summed E-state index contributed by atoms with van der Waals surface area (Å²) in [5.74, 6) is -5.12. The molecule has 0 radical (unpaired) electrons. The van der Waals surface area contributed by atoms with Crippen molar-refractivity contribution in [3.8, 4) is 45.8 Å². The Balaban J connectivity index is 1.94. The van der Waals surface area contributed by atoms with E-state index in [0.717, 1.165) is 18.2 Å². The predicted molar refractivity (Wildman–Crippen MR) is 111 cm³/mol. The molecule has 34 heavy (non-hydrogen) atoms. The van der Waals surface area contributed by atoms with E-state index in [1.165, 1.54) is 6.07 Å². The number of ether oxygens (including phenoxy) is 2. The fraction of sp³-hybridized carbons (Fsp3) is 0.286. The van der Waals surface area contributed by atoms with Crippen LogP contribution in [-0.2, 0) is 4.74 Å². The summed E-state index contributed by atoms with van der Waals surface area (Å²) < 4.78 is 16.3. The minimum absolute atomic E-state index is 0.0408. The van der Waals surface area contributed by atoms with Crippen molar-refractivity contribution < 1.29 is 59.8 Å². The third kappa shape index (κ3) is 3.70. The van der Waals surface area contributed by atoms with Crippen molar-refractivity contribution in [2.45, 2.75) is 30.7 Å². The van der Waals surface area contributed by atoms with Gasteiger partial charge in [-0.1, -0.05) is 0 Å². The van der Waals surface area contributed by atoms with Crippen molar-refractivity contribution in [3.05, 3.63) is 34.5 Å². The van der Waals surface area contributed by atoms with Crippen molar-refractivity contribution in [1.82, 2.24) is 0 Å². The number of phenols is 5. The molecule has 13 heteroatoms. The van der Waals surface area contributed by atoms with Crippen LogP contribution in [0.25, 0.3) is 22.3 Å². The fourth-order valence-electron chi connectivity index (χ4n) is 3.54. The predicted octanol–water partition coefficient (Wildman–Crippen LogP) is -0.833. The average molecular weight is 480 g/mol. The molecule has 0 saturated carbocycles. The number of benzene rings is 2. The molecule has 5 atom stereocenters. The van der Waals surface area contributed by atoms with Crippen LogP contribution in [0.2, 0.25) is 0 Å². The van der Waals surface area contributed by atoms with Crippen LogP contribution in [0.4, 0.5) is 0 Å². The van der Waals surface area contributed by atoms with E-state index >= 15 is 0 Å². The number of hydrogen-bond donors (Lipinski definition) is 9. The molecule has 0 unspecified atom stereocenters. The van der Waals surface area contributed by atoms with Gasteiger partial charge in [-0.25, -0.2) is 0 Å². The molecule has 2 heterocycles. The Bertz CT molecular complexity index is 1300. The molecule has 0 aliphatic carbocycles. The zero-order valence-electron chi connectivity index (χ0n) is 17.1. The van der Waals surface area contributed by atoms with Crippen LogP contribution in [-0.4, -0.2) is 83.3 Å². The van der Waals surface area contributed by atoms with Crippen molar-refractivity contribution in [2.24, 2.45) is 0 Å². The molecule has 2 aromatic carbocycles. The van der Waals surface area contributed by atoms with Gasteiger partial charge < -0.3 is 59.8 Å². The number of hydrogen-bond acceptors (Lipinski definition) is 13. The Labute approximate surface area is 189 Å². The summed E-state index contributed by atoms with van der Waals surface area (Å²) in [5.41, 5.74) is -1.56. The number of aromatic hydroxyl groups is 5. The lowest BCUT2D eigenvalue weighted by molar-refractivity contribution is -0.277. The standard InChI is InChI=1S/C21H20O13/c22-5-11-14(27)17(30)18(31)21(33-11)34-20-16(29)12-10(4-9(25)13(26)15(12)28)32-19(20)6-1-2-7(23)8(24)3-6/h1-4,11,14,17-18,21-28,30-31H,5H2/t11-,14+,17-,18-,21+/m1/s1. The molecule has 1 aromatic heterocycles. The number of rotatable bonds is 4. The summed E-state index contributed by atoms with van der Waals surface area (Å²) in [4.78, 5) is 13.3. The summed E-state index contributed by atoms with van der Waals surface area (Å²) in [6.07, 6.45) is -8.64. The van der Waals surface area contributed by atoms with Crippen LogP contribution >= 0.6 is 0 Å². The molecule has 4 rings (SSSR count). The Kier molecular flexibility index (Phi) is 5.89. The molecule has 1 fully saturated rings. The molecule has 0 spiro atoms. The summed E-state index contributed by atoms with van der Waals surface area (Å²) in [6.45, 7) is -0.774. The second-order valence-corrected chi connectivity index (χ2v) is 7.57. The SMILES string of the molecule is O=c1c(O[C@@H]2O[C@H](CO)[C@H](O)[C@@H](O)[C@H]2O)c(-c2ccc(O)c(O)c2)oc2cc(O)c(O)c(O)c12. The lowest BCUT2D eigenvalue weighted by atomic mass is 9.99. The van der Waals surface area contributed by atoms with Crippen LogP contribution in [0, 0.1) is 0 Å².